The van der Waals surface area contributed by atoms with Crippen LogP contribution in [0.4, 0.5) is 13.2 Å². The summed E-state index contributed by atoms with van der Waals surface area (Å²) in [4.78, 5) is 28.2. The second kappa shape index (κ2) is 11.0. The fourth-order valence-corrected chi connectivity index (χ4v) is 4.53. The Morgan fingerprint density at radius 1 is 1.33 bits per heavy atom. The monoisotopic (exact) mass is 481 g/mol. The van der Waals surface area contributed by atoms with Crippen molar-refractivity contribution in [2.45, 2.75) is 44.7 Å². The van der Waals surface area contributed by atoms with Gasteiger partial charge in [0.15, 0.2) is 5.78 Å². The van der Waals surface area contributed by atoms with Crippen molar-refractivity contribution in [2.75, 3.05) is 12.0 Å². The van der Waals surface area contributed by atoms with Gasteiger partial charge < -0.3 is 9.52 Å². The number of nitrogens with zero attached hydrogens (tertiary/aromatic N) is 1. The summed E-state index contributed by atoms with van der Waals surface area (Å²) in [6.45, 7) is 0. The summed E-state index contributed by atoms with van der Waals surface area (Å²) in [7, 11) is 0. The Labute approximate surface area is 194 Å². The summed E-state index contributed by atoms with van der Waals surface area (Å²) in [6.07, 6.45) is 6.60. The van der Waals surface area contributed by atoms with Gasteiger partial charge in [0.05, 0.1) is 29.7 Å². The van der Waals surface area contributed by atoms with E-state index in [0.29, 0.717) is 49.0 Å². The minimum Gasteiger partial charge on any atom is -0.481 e. The Morgan fingerprint density at radius 2 is 2.12 bits per heavy atom. The highest BCUT2D eigenvalue weighted by Gasteiger charge is 2.41. The van der Waals surface area contributed by atoms with Crippen LogP contribution in [-0.2, 0) is 9.59 Å². The van der Waals surface area contributed by atoms with Crippen LogP contribution in [-0.4, -0.2) is 40.8 Å². The molecule has 178 valence electrons. The van der Waals surface area contributed by atoms with Crippen LogP contribution < -0.4 is 0 Å². The maximum atomic E-state index is 13.9. The number of aliphatic imine (C=N–C) groups is 1. The molecule has 0 spiro atoms. The number of aliphatic carboxylic acids is 1. The molecule has 2 atom stereocenters. The molecule has 1 aliphatic carbocycles. The Balaban J connectivity index is 1.75. The molecule has 2 aliphatic rings. The van der Waals surface area contributed by atoms with Gasteiger partial charge in [0, 0.05) is 17.9 Å². The number of furan rings is 1. The van der Waals surface area contributed by atoms with E-state index in [-0.39, 0.29) is 23.6 Å². The number of halogens is 3. The van der Waals surface area contributed by atoms with Crippen LogP contribution in [0.5, 0.6) is 0 Å². The molecule has 33 heavy (non-hydrogen) atoms. The van der Waals surface area contributed by atoms with Crippen molar-refractivity contribution in [1.82, 2.24) is 0 Å². The van der Waals surface area contributed by atoms with Gasteiger partial charge in [-0.3, -0.25) is 9.59 Å². The molecule has 1 N–H and O–H groups in total. The Kier molecular flexibility index (Phi) is 8.40. The molecule has 2 unspecified atom stereocenters. The van der Waals surface area contributed by atoms with Crippen LogP contribution >= 0.6 is 11.8 Å². The molecule has 0 amide bonds. The zero-order chi connectivity index (χ0) is 24.0. The van der Waals surface area contributed by atoms with Crippen LogP contribution in [0, 0.1) is 11.8 Å². The molecule has 0 radical (unpaired) electrons. The highest BCUT2D eigenvalue weighted by Crippen LogP contribution is 2.38. The molecule has 9 heteroatoms. The van der Waals surface area contributed by atoms with Gasteiger partial charge in [-0.1, -0.05) is 6.08 Å². The average molecular weight is 482 g/mol. The first-order valence-electron chi connectivity index (χ1n) is 10.8. The SMILES string of the molecule is CSCCC(CCCC(=O)C1=CC2CCC=C(c3ccoc3)C=C(C(F)(F)F)C2=N1)C(=O)O. The summed E-state index contributed by atoms with van der Waals surface area (Å²) >= 11 is 1.56. The van der Waals surface area contributed by atoms with E-state index in [1.165, 1.54) is 18.6 Å². The van der Waals surface area contributed by atoms with E-state index >= 15 is 0 Å². The van der Waals surface area contributed by atoms with Gasteiger partial charge in [0.25, 0.3) is 0 Å². The first kappa shape index (κ1) is 25.1. The van der Waals surface area contributed by atoms with Gasteiger partial charge in [-0.15, -0.1) is 0 Å². The minimum atomic E-state index is -4.63. The first-order valence-corrected chi connectivity index (χ1v) is 12.2. The zero-order valence-corrected chi connectivity index (χ0v) is 19.0. The number of Topliss-reactive ketones (excluding diaryl/α,β-unsaturated/α-hetero) is 1. The van der Waals surface area contributed by atoms with Gasteiger partial charge in [-0.2, -0.15) is 24.9 Å². The maximum absolute atomic E-state index is 13.9. The van der Waals surface area contributed by atoms with Crippen molar-refractivity contribution in [3.63, 3.8) is 0 Å². The van der Waals surface area contributed by atoms with Crippen molar-refractivity contribution in [3.05, 3.63) is 53.7 Å². The lowest BCUT2D eigenvalue weighted by atomic mass is 9.88. The normalized spacial score (nSPS) is 19.5. The number of fused-ring (bicyclic) bond motifs is 1. The second-order valence-electron chi connectivity index (χ2n) is 8.09. The topological polar surface area (TPSA) is 79.9 Å². The molecule has 1 aliphatic heterocycles. The lowest BCUT2D eigenvalue weighted by Crippen LogP contribution is -2.25. The van der Waals surface area contributed by atoms with Crippen molar-refractivity contribution in [3.8, 4) is 0 Å². The van der Waals surface area contributed by atoms with E-state index in [1.807, 2.05) is 6.26 Å². The molecular formula is C24H26F3NO4S. The van der Waals surface area contributed by atoms with Gasteiger partial charge in [-0.25, -0.2) is 4.99 Å². The molecule has 0 aromatic carbocycles. The largest absolute Gasteiger partial charge is 0.481 e. The van der Waals surface area contributed by atoms with Crippen LogP contribution in [0.3, 0.4) is 0 Å². The summed E-state index contributed by atoms with van der Waals surface area (Å²) in [5, 5.41) is 9.31. The van der Waals surface area contributed by atoms with Gasteiger partial charge in [0.2, 0.25) is 0 Å². The first-order chi connectivity index (χ1) is 15.7. The number of carboxylic acid groups (broad SMARTS) is 1. The van der Waals surface area contributed by atoms with E-state index in [2.05, 4.69) is 4.99 Å². The Morgan fingerprint density at radius 3 is 2.76 bits per heavy atom. The average Bonchev–Trinajstić information content (AvgIpc) is 3.40. The molecule has 2 heterocycles. The lowest BCUT2D eigenvalue weighted by molar-refractivity contribution is -0.142. The summed E-state index contributed by atoms with van der Waals surface area (Å²) < 4.78 is 46.8. The summed E-state index contributed by atoms with van der Waals surface area (Å²) in [5.74, 6) is -1.65. The van der Waals surface area contributed by atoms with Crippen LogP contribution in [0.15, 0.2) is 57.5 Å². The van der Waals surface area contributed by atoms with E-state index < -0.39 is 29.6 Å². The summed E-state index contributed by atoms with van der Waals surface area (Å²) in [6, 6.07) is 1.60. The highest BCUT2D eigenvalue weighted by molar-refractivity contribution is 7.98. The fourth-order valence-electron chi connectivity index (χ4n) is 4.01. The minimum absolute atomic E-state index is 0.0351. The smallest absolute Gasteiger partial charge is 0.418 e. The van der Waals surface area contributed by atoms with Crippen LogP contribution in [0.1, 0.15) is 44.1 Å². The molecule has 5 nitrogen and oxygen atoms in total. The number of ketones is 1. The molecule has 1 aromatic heterocycles. The summed E-state index contributed by atoms with van der Waals surface area (Å²) in [5.41, 5.74) is -0.00703. The highest BCUT2D eigenvalue weighted by atomic mass is 32.2. The Hall–Kier alpha value is -2.55. The number of thioether (sulfide) groups is 1. The lowest BCUT2D eigenvalue weighted by Gasteiger charge is -2.20. The van der Waals surface area contributed by atoms with Crippen molar-refractivity contribution in [1.29, 1.82) is 0 Å². The molecule has 0 bridgehead atoms. The number of alkyl halides is 3. The zero-order valence-electron chi connectivity index (χ0n) is 18.2. The fraction of sp³-hybridized carbons (Fsp3) is 0.458. The number of allylic oxidation sites excluding steroid dienone is 6. The van der Waals surface area contributed by atoms with Crippen molar-refractivity contribution in [2.24, 2.45) is 16.8 Å². The predicted octanol–water partition coefficient (Wildman–Crippen LogP) is 6.09. The molecular weight excluding hydrogens is 455 g/mol. The maximum Gasteiger partial charge on any atom is 0.418 e. The predicted molar refractivity (Wildman–Crippen MR) is 122 cm³/mol. The molecule has 0 fully saturated rings. The molecule has 0 saturated heterocycles. The third kappa shape index (κ3) is 6.50. The van der Waals surface area contributed by atoms with Gasteiger partial charge >= 0.3 is 12.1 Å². The number of carboxylic acids is 1. The number of carbonyl (C=O) groups is 2. The van der Waals surface area contributed by atoms with Crippen molar-refractivity contribution >= 4 is 34.8 Å². The van der Waals surface area contributed by atoms with Crippen LogP contribution in [0.25, 0.3) is 5.57 Å². The second-order valence-corrected chi connectivity index (χ2v) is 9.08. The van der Waals surface area contributed by atoms with E-state index in [4.69, 9.17) is 4.42 Å². The standard InChI is InChI=1S/C24H26F3NO4S/c1-33-11-9-15(23(30)31)4-3-7-21(29)20-13-17-6-2-5-16(18-8-10-32-14-18)12-19(22(17)28-20)24(25,26)27/h5,8,10,12-15,17H,2-4,6-7,9,11H2,1H3,(H,30,31). The number of rotatable bonds is 10. The Bertz CT molecular complexity index is 990. The molecule has 0 saturated carbocycles. The van der Waals surface area contributed by atoms with Crippen LogP contribution in [0.2, 0.25) is 0 Å². The quantitative estimate of drug-likeness (QED) is 0.437. The number of hydrogen-bond donors (Lipinski definition) is 1. The molecule has 1 aromatic rings. The number of carbonyl (C=O) groups excluding carboxylic acids is 1. The van der Waals surface area contributed by atoms with Crippen molar-refractivity contribution < 1.29 is 32.3 Å². The van der Waals surface area contributed by atoms with Gasteiger partial charge in [-0.05, 0) is 67.9 Å². The third-order valence-electron chi connectivity index (χ3n) is 5.79. The van der Waals surface area contributed by atoms with Gasteiger partial charge in [0.1, 0.15) is 5.70 Å². The molecule has 3 rings (SSSR count). The van der Waals surface area contributed by atoms with E-state index in [0.717, 1.165) is 6.08 Å². The van der Waals surface area contributed by atoms with E-state index in [1.54, 1.807) is 23.9 Å². The van der Waals surface area contributed by atoms with E-state index in [9.17, 15) is 27.9 Å². The number of hydrogen-bond acceptors (Lipinski definition) is 5. The third-order valence-corrected chi connectivity index (χ3v) is 6.43.